The van der Waals surface area contributed by atoms with Crippen LogP contribution in [0.15, 0.2) is 57.7 Å². The number of fused-ring (bicyclic) bond motifs is 2. The number of carbonyl (C=O) groups is 1. The number of nitrogens with one attached hydrogen (secondary N) is 2. The number of hydrogen-bond acceptors (Lipinski definition) is 7. The van der Waals surface area contributed by atoms with Gasteiger partial charge in [-0.1, -0.05) is 50.2 Å². The van der Waals surface area contributed by atoms with E-state index in [0.29, 0.717) is 10.3 Å². The topological polar surface area (TPSA) is 135 Å². The van der Waals surface area contributed by atoms with Crippen LogP contribution in [-0.2, 0) is 6.18 Å². The first-order chi connectivity index (χ1) is 19.0. The number of carbonyl (C=O) groups excluding carboxylic acids is 1. The third-order valence-corrected chi connectivity index (χ3v) is 6.48. The minimum absolute atomic E-state index is 0.126. The number of oxazole rings is 1. The first-order valence-corrected chi connectivity index (χ1v) is 12.2. The molecule has 0 aliphatic carbocycles. The highest BCUT2D eigenvalue weighted by Crippen LogP contribution is 2.39. The molecule has 1 atom stereocenters. The smallest absolute Gasteiger partial charge is 0.433 e. The van der Waals surface area contributed by atoms with Gasteiger partial charge in [0.15, 0.2) is 16.7 Å². The standard InChI is InChI=1S/C27H24F3N5O5/c1-13(2)15(12-36)31-24(37)21-19(25-33-20-16(39-3)10-7-11-17(20)40-25)26(38)35-23(32-21)18(14-8-5-4-6-9-14)22(34-35)27(28,29)30/h4-11,13,15,34,36H,12H2,1-3H3,(H,31,37). The Labute approximate surface area is 224 Å². The number of benzene rings is 2. The minimum atomic E-state index is -4.89. The first kappa shape index (κ1) is 26.9. The van der Waals surface area contributed by atoms with Gasteiger partial charge in [-0.3, -0.25) is 14.7 Å². The molecular weight excluding hydrogens is 531 g/mol. The lowest BCUT2D eigenvalue weighted by Crippen LogP contribution is -2.42. The normalized spacial score (nSPS) is 12.8. The molecule has 3 N–H and O–H groups in total. The predicted molar refractivity (Wildman–Crippen MR) is 139 cm³/mol. The Balaban J connectivity index is 1.86. The quantitative estimate of drug-likeness (QED) is 0.273. The number of ether oxygens (including phenoxy) is 1. The number of aromatic amines is 1. The Morgan fingerprint density at radius 3 is 2.48 bits per heavy atom. The van der Waals surface area contributed by atoms with Gasteiger partial charge in [0.2, 0.25) is 5.89 Å². The maximum Gasteiger partial charge on any atom is 0.433 e. The molecular formula is C27H24F3N5O5. The number of halogens is 3. The second-order valence-electron chi connectivity index (χ2n) is 9.36. The summed E-state index contributed by atoms with van der Waals surface area (Å²) in [5, 5.41) is 14.5. The van der Waals surface area contributed by atoms with Crippen LogP contribution in [0.25, 0.3) is 39.3 Å². The van der Waals surface area contributed by atoms with Gasteiger partial charge in [0.05, 0.1) is 25.3 Å². The summed E-state index contributed by atoms with van der Waals surface area (Å²) >= 11 is 0. The Hall–Kier alpha value is -4.65. The van der Waals surface area contributed by atoms with Gasteiger partial charge in [-0.05, 0) is 23.6 Å². The summed E-state index contributed by atoms with van der Waals surface area (Å²) in [6, 6.07) is 11.6. The highest BCUT2D eigenvalue weighted by molar-refractivity contribution is 6.00. The van der Waals surface area contributed by atoms with E-state index in [-0.39, 0.29) is 28.5 Å². The molecule has 3 aromatic heterocycles. The minimum Gasteiger partial charge on any atom is -0.494 e. The molecule has 0 aliphatic rings. The van der Waals surface area contributed by atoms with E-state index in [2.05, 4.69) is 20.4 Å². The molecule has 0 radical (unpaired) electrons. The van der Waals surface area contributed by atoms with Crippen LogP contribution in [-0.4, -0.2) is 50.4 Å². The van der Waals surface area contributed by atoms with Crippen molar-refractivity contribution in [3.8, 4) is 28.3 Å². The summed E-state index contributed by atoms with van der Waals surface area (Å²) in [5.41, 5.74) is -3.50. The number of hydrogen-bond donors (Lipinski definition) is 3. The van der Waals surface area contributed by atoms with Crippen molar-refractivity contribution in [2.75, 3.05) is 13.7 Å². The van der Waals surface area contributed by atoms with Crippen molar-refractivity contribution in [3.05, 3.63) is 70.3 Å². The highest BCUT2D eigenvalue weighted by atomic mass is 19.4. The van der Waals surface area contributed by atoms with E-state index in [9.17, 15) is 27.9 Å². The zero-order valence-electron chi connectivity index (χ0n) is 21.5. The van der Waals surface area contributed by atoms with Crippen molar-refractivity contribution in [3.63, 3.8) is 0 Å². The van der Waals surface area contributed by atoms with Crippen LogP contribution in [0, 0.1) is 5.92 Å². The van der Waals surface area contributed by atoms with Gasteiger partial charge in [-0.25, -0.2) is 9.97 Å². The molecule has 0 spiro atoms. The molecule has 10 nitrogen and oxygen atoms in total. The number of nitrogens with zero attached hydrogens (tertiary/aromatic N) is 3. The van der Waals surface area contributed by atoms with Gasteiger partial charge < -0.3 is 19.6 Å². The zero-order chi connectivity index (χ0) is 28.8. The number of methoxy groups -OCH3 is 1. The van der Waals surface area contributed by atoms with E-state index < -0.39 is 58.5 Å². The van der Waals surface area contributed by atoms with Crippen LogP contribution in [0.4, 0.5) is 13.2 Å². The fraction of sp³-hybridized carbons (Fsp3) is 0.259. The van der Waals surface area contributed by atoms with Crippen LogP contribution < -0.4 is 15.6 Å². The lowest BCUT2D eigenvalue weighted by Gasteiger charge is -2.20. The summed E-state index contributed by atoms with van der Waals surface area (Å²) in [7, 11) is 1.41. The monoisotopic (exact) mass is 555 g/mol. The summed E-state index contributed by atoms with van der Waals surface area (Å²) in [6.45, 7) is 3.10. The Kier molecular flexibility index (Phi) is 6.84. The number of aliphatic hydroxyl groups excluding tert-OH is 1. The molecule has 208 valence electrons. The molecule has 3 heterocycles. The third-order valence-electron chi connectivity index (χ3n) is 6.48. The number of aromatic nitrogens is 4. The summed E-state index contributed by atoms with van der Waals surface area (Å²) in [5.74, 6) is -1.13. The molecule has 1 unspecified atom stereocenters. The molecule has 0 bridgehead atoms. The molecule has 13 heteroatoms. The number of H-pyrrole nitrogens is 1. The summed E-state index contributed by atoms with van der Waals surface area (Å²) in [4.78, 5) is 36.0. The fourth-order valence-corrected chi connectivity index (χ4v) is 4.37. The van der Waals surface area contributed by atoms with Crippen molar-refractivity contribution >= 4 is 22.7 Å². The van der Waals surface area contributed by atoms with E-state index in [1.807, 2.05) is 0 Å². The molecule has 0 saturated carbocycles. The van der Waals surface area contributed by atoms with Crippen molar-refractivity contribution in [1.82, 2.24) is 24.9 Å². The average Bonchev–Trinajstić information content (AvgIpc) is 3.53. The molecule has 40 heavy (non-hydrogen) atoms. The van der Waals surface area contributed by atoms with Crippen LogP contribution in [0.3, 0.4) is 0 Å². The van der Waals surface area contributed by atoms with E-state index in [4.69, 9.17) is 9.15 Å². The van der Waals surface area contributed by atoms with Gasteiger partial charge in [0.1, 0.15) is 22.7 Å². The molecule has 0 fully saturated rings. The summed E-state index contributed by atoms with van der Waals surface area (Å²) in [6.07, 6.45) is -4.89. The maximum atomic E-state index is 14.2. The van der Waals surface area contributed by atoms with Gasteiger partial charge in [-0.15, -0.1) is 0 Å². The number of rotatable bonds is 7. The van der Waals surface area contributed by atoms with Crippen LogP contribution in [0.2, 0.25) is 0 Å². The summed E-state index contributed by atoms with van der Waals surface area (Å²) < 4.78 is 54.3. The predicted octanol–water partition coefficient (Wildman–Crippen LogP) is 4.27. The van der Waals surface area contributed by atoms with Crippen molar-refractivity contribution < 1.29 is 32.2 Å². The van der Waals surface area contributed by atoms with E-state index in [0.717, 1.165) is 0 Å². The molecule has 0 aliphatic heterocycles. The van der Waals surface area contributed by atoms with Crippen LogP contribution >= 0.6 is 0 Å². The van der Waals surface area contributed by atoms with Gasteiger partial charge >= 0.3 is 6.18 Å². The van der Waals surface area contributed by atoms with Crippen LogP contribution in [0.5, 0.6) is 5.75 Å². The van der Waals surface area contributed by atoms with Crippen molar-refractivity contribution in [2.24, 2.45) is 5.92 Å². The number of amides is 1. The fourth-order valence-electron chi connectivity index (χ4n) is 4.37. The maximum absolute atomic E-state index is 14.2. The molecule has 5 aromatic rings. The molecule has 1 amide bonds. The Morgan fingerprint density at radius 2 is 1.85 bits per heavy atom. The number of para-hydroxylation sites is 1. The lowest BCUT2D eigenvalue weighted by atomic mass is 10.0. The average molecular weight is 556 g/mol. The van der Waals surface area contributed by atoms with Crippen LogP contribution in [0.1, 0.15) is 30.0 Å². The van der Waals surface area contributed by atoms with E-state index in [1.54, 1.807) is 50.2 Å². The Bertz CT molecular complexity index is 1770. The Morgan fingerprint density at radius 1 is 1.12 bits per heavy atom. The highest BCUT2D eigenvalue weighted by Gasteiger charge is 2.39. The third kappa shape index (κ3) is 4.57. The first-order valence-electron chi connectivity index (χ1n) is 12.2. The van der Waals surface area contributed by atoms with Crippen molar-refractivity contribution in [2.45, 2.75) is 26.1 Å². The molecule has 2 aromatic carbocycles. The zero-order valence-corrected chi connectivity index (χ0v) is 21.5. The largest absolute Gasteiger partial charge is 0.494 e. The lowest BCUT2D eigenvalue weighted by molar-refractivity contribution is -0.140. The van der Waals surface area contributed by atoms with Gasteiger partial charge in [0, 0.05) is 0 Å². The number of aliphatic hydroxyl groups is 1. The van der Waals surface area contributed by atoms with E-state index in [1.165, 1.54) is 19.2 Å². The number of alkyl halides is 3. The second kappa shape index (κ2) is 10.2. The molecule has 5 rings (SSSR count). The van der Waals surface area contributed by atoms with E-state index >= 15 is 0 Å². The second-order valence-corrected chi connectivity index (χ2v) is 9.36. The molecule has 0 saturated heterocycles. The van der Waals surface area contributed by atoms with Gasteiger partial charge in [-0.2, -0.15) is 17.7 Å². The SMILES string of the molecule is COc1cccc2oc(-c3c(C(=O)NC(CO)C(C)C)nc4c(-c5ccccc5)c(C(F)(F)F)[nH]n4c3=O)nc12. The van der Waals surface area contributed by atoms with Crippen molar-refractivity contribution in [1.29, 1.82) is 0 Å². The van der Waals surface area contributed by atoms with Gasteiger partial charge in [0.25, 0.3) is 11.5 Å².